The molecule has 0 radical (unpaired) electrons. The van der Waals surface area contributed by atoms with Crippen LogP contribution in [0.5, 0.6) is 0 Å². The number of benzene rings is 2. The summed E-state index contributed by atoms with van der Waals surface area (Å²) in [4.78, 5) is 12.5. The maximum absolute atomic E-state index is 12.9. The molecule has 0 aliphatic heterocycles. The summed E-state index contributed by atoms with van der Waals surface area (Å²) in [5.74, 6) is 0. The number of rotatable bonds is 3. The Kier molecular flexibility index (Phi) is 4.67. The van der Waals surface area contributed by atoms with Crippen LogP contribution in [0.3, 0.4) is 0 Å². The van der Waals surface area contributed by atoms with Crippen LogP contribution in [0.2, 0.25) is 0 Å². The van der Waals surface area contributed by atoms with E-state index in [0.717, 1.165) is 22.4 Å². The second kappa shape index (κ2) is 6.92. The predicted octanol–water partition coefficient (Wildman–Crippen LogP) is 3.09. The fourth-order valence-electron chi connectivity index (χ4n) is 2.49. The van der Waals surface area contributed by atoms with E-state index in [9.17, 15) is 18.0 Å². The Morgan fingerprint density at radius 2 is 1.77 bits per heavy atom. The maximum atomic E-state index is 12.9. The van der Waals surface area contributed by atoms with E-state index in [1.807, 2.05) is 36.4 Å². The molecule has 1 aromatic heterocycles. The lowest BCUT2D eigenvalue weighted by molar-refractivity contribution is -0.137. The van der Waals surface area contributed by atoms with E-state index in [1.165, 1.54) is 12.1 Å². The average molecular weight is 356 g/mol. The predicted molar refractivity (Wildman–Crippen MR) is 96.1 cm³/mol. The molecule has 3 rings (SSSR count). The number of aromatic nitrogens is 2. The molecule has 0 amide bonds. The number of alkyl halides is 3. The molecule has 3 nitrogen and oxygen atoms in total. The van der Waals surface area contributed by atoms with Crippen molar-refractivity contribution in [2.75, 3.05) is 0 Å². The normalized spacial score (nSPS) is 12.8. The molecule has 0 aliphatic rings. The number of nitrogens with zero attached hydrogens (tertiary/aromatic N) is 1. The van der Waals surface area contributed by atoms with Gasteiger partial charge in [0, 0.05) is 0 Å². The summed E-state index contributed by atoms with van der Waals surface area (Å²) in [6.07, 6.45) is 0.622. The summed E-state index contributed by atoms with van der Waals surface area (Å²) >= 11 is 0. The Morgan fingerprint density at radius 3 is 2.46 bits per heavy atom. The number of allylic oxidation sites excluding steroid dienone is 1. The van der Waals surface area contributed by atoms with Crippen LogP contribution >= 0.6 is 0 Å². The van der Waals surface area contributed by atoms with Crippen molar-refractivity contribution in [2.24, 2.45) is 0 Å². The molecule has 3 aromatic rings. The highest BCUT2D eigenvalue weighted by atomic mass is 19.4. The van der Waals surface area contributed by atoms with Gasteiger partial charge in [-0.15, -0.1) is 0 Å². The van der Waals surface area contributed by atoms with Crippen molar-refractivity contribution < 1.29 is 13.2 Å². The molecule has 0 aliphatic carbocycles. The van der Waals surface area contributed by atoms with Gasteiger partial charge < -0.3 is 0 Å². The minimum absolute atomic E-state index is 0.0985. The van der Waals surface area contributed by atoms with Gasteiger partial charge in [-0.2, -0.15) is 13.2 Å². The molecule has 2 aromatic carbocycles. The third kappa shape index (κ3) is 3.69. The van der Waals surface area contributed by atoms with E-state index < -0.39 is 17.3 Å². The summed E-state index contributed by atoms with van der Waals surface area (Å²) in [6.45, 7) is 3.76. The van der Waals surface area contributed by atoms with Crippen molar-refractivity contribution >= 4 is 18.7 Å². The highest BCUT2D eigenvalue weighted by molar-refractivity contribution is 5.57. The smallest absolute Gasteiger partial charge is 0.291 e. The van der Waals surface area contributed by atoms with E-state index in [1.54, 1.807) is 12.2 Å². The van der Waals surface area contributed by atoms with E-state index in [-0.39, 0.29) is 10.9 Å². The van der Waals surface area contributed by atoms with Gasteiger partial charge in [-0.05, 0) is 29.8 Å². The van der Waals surface area contributed by atoms with Crippen molar-refractivity contribution in [2.45, 2.75) is 6.18 Å². The zero-order valence-electron chi connectivity index (χ0n) is 13.6. The number of hydrogen-bond acceptors (Lipinski definition) is 1. The standard InChI is InChI=1S/C20H15F3N2O/c1-14-18(12-5-9-15-7-3-2-4-8-15)19(26)25(24-14)17-11-6-10-16(13-17)20(21,22)23/h2-13,24H,1H2/b9-5+,18-12+. The molecule has 26 heavy (non-hydrogen) atoms. The van der Waals surface area contributed by atoms with Gasteiger partial charge in [0.05, 0.1) is 21.8 Å². The van der Waals surface area contributed by atoms with Gasteiger partial charge in [-0.1, -0.05) is 55.1 Å². The van der Waals surface area contributed by atoms with Crippen molar-refractivity contribution in [3.05, 3.63) is 92.7 Å². The maximum Gasteiger partial charge on any atom is 0.416 e. The van der Waals surface area contributed by atoms with Crippen molar-refractivity contribution in [1.82, 2.24) is 9.78 Å². The first-order chi connectivity index (χ1) is 12.4. The first kappa shape index (κ1) is 17.5. The van der Waals surface area contributed by atoms with Crippen LogP contribution in [-0.4, -0.2) is 9.78 Å². The van der Waals surface area contributed by atoms with Crippen LogP contribution < -0.4 is 16.1 Å². The Morgan fingerprint density at radius 1 is 1.04 bits per heavy atom. The molecule has 0 saturated heterocycles. The molecule has 1 heterocycles. The third-order valence-electron chi connectivity index (χ3n) is 3.79. The van der Waals surface area contributed by atoms with Crippen molar-refractivity contribution in [1.29, 1.82) is 0 Å². The second-order valence-electron chi connectivity index (χ2n) is 5.63. The number of aromatic amines is 1. The first-order valence-corrected chi connectivity index (χ1v) is 7.77. The summed E-state index contributed by atoms with van der Waals surface area (Å²) in [6, 6.07) is 14.1. The molecule has 0 unspecified atom stereocenters. The number of halogens is 3. The van der Waals surface area contributed by atoms with Gasteiger partial charge in [0.25, 0.3) is 5.56 Å². The van der Waals surface area contributed by atoms with Crippen LogP contribution in [0.15, 0.2) is 65.5 Å². The molecule has 6 heteroatoms. The average Bonchev–Trinajstić information content (AvgIpc) is 2.90. The summed E-state index contributed by atoms with van der Waals surface area (Å²) in [5.41, 5.74) is -0.229. The van der Waals surface area contributed by atoms with Crippen LogP contribution in [0.25, 0.3) is 24.4 Å². The zero-order chi connectivity index (χ0) is 18.7. The zero-order valence-corrected chi connectivity index (χ0v) is 13.6. The van der Waals surface area contributed by atoms with Crippen LogP contribution in [0, 0.1) is 0 Å². The van der Waals surface area contributed by atoms with Crippen molar-refractivity contribution in [3.8, 4) is 5.69 Å². The monoisotopic (exact) mass is 356 g/mol. The second-order valence-corrected chi connectivity index (χ2v) is 5.63. The minimum Gasteiger partial charge on any atom is -0.291 e. The van der Waals surface area contributed by atoms with E-state index in [0.29, 0.717) is 5.35 Å². The fraction of sp³-hybridized carbons (Fsp3) is 0.0500. The van der Waals surface area contributed by atoms with E-state index in [2.05, 4.69) is 11.7 Å². The molecule has 0 saturated carbocycles. The van der Waals surface area contributed by atoms with Gasteiger partial charge in [-0.25, -0.2) is 4.68 Å². The van der Waals surface area contributed by atoms with Crippen LogP contribution in [0.4, 0.5) is 13.2 Å². The lowest BCUT2D eigenvalue weighted by Gasteiger charge is -2.08. The van der Waals surface area contributed by atoms with Gasteiger partial charge in [0.1, 0.15) is 0 Å². The molecule has 0 spiro atoms. The molecular weight excluding hydrogens is 341 g/mol. The van der Waals surface area contributed by atoms with Crippen LogP contribution in [0.1, 0.15) is 11.1 Å². The number of H-pyrrole nitrogens is 1. The Bertz CT molecular complexity index is 1110. The van der Waals surface area contributed by atoms with Gasteiger partial charge >= 0.3 is 6.18 Å². The number of nitrogens with one attached hydrogen (secondary N) is 1. The van der Waals surface area contributed by atoms with Gasteiger partial charge in [-0.3, -0.25) is 9.89 Å². The Balaban J connectivity index is 2.02. The SMILES string of the molecule is C=c1[nH]n(-c2cccc(C(F)(F)F)c2)c(=O)/c1=C/C=C/c1ccccc1. The first-order valence-electron chi connectivity index (χ1n) is 7.77. The van der Waals surface area contributed by atoms with Crippen LogP contribution in [-0.2, 0) is 6.18 Å². The molecule has 0 atom stereocenters. The third-order valence-corrected chi connectivity index (χ3v) is 3.79. The highest BCUT2D eigenvalue weighted by Crippen LogP contribution is 2.29. The molecule has 0 fully saturated rings. The summed E-state index contributed by atoms with van der Waals surface area (Å²) in [5, 5.41) is 3.33. The summed E-state index contributed by atoms with van der Waals surface area (Å²) in [7, 11) is 0. The summed E-state index contributed by atoms with van der Waals surface area (Å²) < 4.78 is 39.7. The van der Waals surface area contributed by atoms with Gasteiger partial charge in [0.2, 0.25) is 0 Å². The molecule has 132 valence electrons. The lowest BCUT2D eigenvalue weighted by Crippen LogP contribution is -2.33. The Labute approximate surface area is 147 Å². The fourth-order valence-corrected chi connectivity index (χ4v) is 2.49. The largest absolute Gasteiger partial charge is 0.416 e. The number of hydrogen-bond donors (Lipinski definition) is 1. The lowest BCUT2D eigenvalue weighted by atomic mass is 10.2. The minimum atomic E-state index is -4.48. The van der Waals surface area contributed by atoms with E-state index >= 15 is 0 Å². The quantitative estimate of drug-likeness (QED) is 0.770. The van der Waals surface area contributed by atoms with Gasteiger partial charge in [0.15, 0.2) is 0 Å². The van der Waals surface area contributed by atoms with Crippen molar-refractivity contribution in [3.63, 3.8) is 0 Å². The molecule has 1 N–H and O–H groups in total. The molecular formula is C20H15F3N2O. The molecule has 0 bridgehead atoms. The van der Waals surface area contributed by atoms with E-state index in [4.69, 9.17) is 0 Å². The highest BCUT2D eigenvalue weighted by Gasteiger charge is 2.30. The Hall–Kier alpha value is -3.28. The topological polar surface area (TPSA) is 37.8 Å².